The molecule has 0 aliphatic rings. The summed E-state index contributed by atoms with van der Waals surface area (Å²) in [5.41, 5.74) is 7.40. The number of aromatic nitrogens is 2. The van der Waals surface area contributed by atoms with Crippen molar-refractivity contribution in [3.63, 3.8) is 0 Å². The van der Waals surface area contributed by atoms with Gasteiger partial charge in [0.2, 0.25) is 5.91 Å². The van der Waals surface area contributed by atoms with Crippen LogP contribution in [0, 0.1) is 6.92 Å². The van der Waals surface area contributed by atoms with E-state index in [2.05, 4.69) is 4.98 Å². The number of carbonyl (C=O) groups is 1. The van der Waals surface area contributed by atoms with E-state index in [9.17, 15) is 4.79 Å². The molecule has 2 heterocycles. The van der Waals surface area contributed by atoms with Crippen molar-refractivity contribution in [2.24, 2.45) is 5.73 Å². The molecule has 0 unspecified atom stereocenters. The van der Waals surface area contributed by atoms with Crippen molar-refractivity contribution in [2.75, 3.05) is 0 Å². The first-order valence-corrected chi connectivity index (χ1v) is 3.92. The van der Waals surface area contributed by atoms with Crippen LogP contribution < -0.4 is 5.73 Å². The molecule has 0 bridgehead atoms. The number of hydrogen-bond acceptors (Lipinski definition) is 2. The second-order valence-electron chi connectivity index (χ2n) is 2.91. The van der Waals surface area contributed by atoms with E-state index >= 15 is 0 Å². The Balaban J connectivity index is 2.70. The number of primary amides is 1. The number of amides is 1. The maximum Gasteiger partial charge on any atom is 0.248 e. The minimum absolute atomic E-state index is 0.428. The standard InChI is InChI=1S/C9H9N3O/c1-6-5-11-8-4-7(9(10)13)2-3-12(6)8/h2-5H,1H3,(H2,10,13). The van der Waals surface area contributed by atoms with Crippen LogP contribution in [0.15, 0.2) is 24.5 Å². The number of rotatable bonds is 1. The Bertz CT molecular complexity index is 473. The Labute approximate surface area is 75.0 Å². The summed E-state index contributed by atoms with van der Waals surface area (Å²) in [6, 6.07) is 3.36. The van der Waals surface area contributed by atoms with Gasteiger partial charge in [0.05, 0.1) is 0 Å². The third-order valence-corrected chi connectivity index (χ3v) is 1.98. The number of fused-ring (bicyclic) bond motifs is 1. The van der Waals surface area contributed by atoms with E-state index in [0.717, 1.165) is 11.3 Å². The molecule has 0 saturated heterocycles. The summed E-state index contributed by atoms with van der Waals surface area (Å²) in [6.45, 7) is 1.95. The van der Waals surface area contributed by atoms with E-state index in [0.29, 0.717) is 5.56 Å². The highest BCUT2D eigenvalue weighted by Gasteiger charge is 2.03. The Kier molecular flexibility index (Phi) is 1.55. The quantitative estimate of drug-likeness (QED) is 0.694. The van der Waals surface area contributed by atoms with Gasteiger partial charge in [-0.15, -0.1) is 0 Å². The highest BCUT2D eigenvalue weighted by atomic mass is 16.1. The number of imidazole rings is 1. The van der Waals surface area contributed by atoms with Crippen molar-refractivity contribution in [3.05, 3.63) is 35.8 Å². The van der Waals surface area contributed by atoms with Crippen LogP contribution in [0.5, 0.6) is 0 Å². The van der Waals surface area contributed by atoms with Crippen molar-refractivity contribution in [1.82, 2.24) is 9.38 Å². The van der Waals surface area contributed by atoms with Gasteiger partial charge in [0, 0.05) is 23.7 Å². The maximum absolute atomic E-state index is 10.8. The molecule has 0 atom stereocenters. The topological polar surface area (TPSA) is 60.4 Å². The molecule has 0 aliphatic heterocycles. The summed E-state index contributed by atoms with van der Waals surface area (Å²) < 4.78 is 1.90. The summed E-state index contributed by atoms with van der Waals surface area (Å²) in [6.07, 6.45) is 3.54. The SMILES string of the molecule is Cc1cnc2cc(C(N)=O)ccn12. The zero-order valence-corrected chi connectivity index (χ0v) is 7.19. The molecule has 0 fully saturated rings. The molecule has 0 aromatic carbocycles. The second kappa shape index (κ2) is 2.58. The molecule has 2 N–H and O–H groups in total. The summed E-state index contributed by atoms with van der Waals surface area (Å²) in [4.78, 5) is 15.0. The van der Waals surface area contributed by atoms with Crippen molar-refractivity contribution in [1.29, 1.82) is 0 Å². The lowest BCUT2D eigenvalue weighted by atomic mass is 10.2. The smallest absolute Gasteiger partial charge is 0.248 e. The summed E-state index contributed by atoms with van der Waals surface area (Å²) in [5, 5.41) is 0. The highest BCUT2D eigenvalue weighted by molar-refractivity contribution is 5.93. The molecule has 4 nitrogen and oxygen atoms in total. The molecule has 2 aromatic heterocycles. The molecule has 0 spiro atoms. The first kappa shape index (κ1) is 7.79. The van der Waals surface area contributed by atoms with Crippen LogP contribution in [-0.4, -0.2) is 15.3 Å². The summed E-state index contributed by atoms with van der Waals surface area (Å²) >= 11 is 0. The first-order chi connectivity index (χ1) is 6.18. The van der Waals surface area contributed by atoms with E-state index in [1.165, 1.54) is 0 Å². The van der Waals surface area contributed by atoms with Crippen LogP contribution in [0.3, 0.4) is 0 Å². The molecule has 0 saturated carbocycles. The van der Waals surface area contributed by atoms with Gasteiger partial charge in [-0.1, -0.05) is 0 Å². The number of hydrogen-bond donors (Lipinski definition) is 1. The van der Waals surface area contributed by atoms with Gasteiger partial charge < -0.3 is 10.1 Å². The Morgan fingerprint density at radius 1 is 1.62 bits per heavy atom. The third kappa shape index (κ3) is 1.16. The largest absolute Gasteiger partial charge is 0.366 e. The second-order valence-corrected chi connectivity index (χ2v) is 2.91. The zero-order valence-electron chi connectivity index (χ0n) is 7.19. The van der Waals surface area contributed by atoms with Gasteiger partial charge in [0.15, 0.2) is 0 Å². The Hall–Kier alpha value is -1.84. The van der Waals surface area contributed by atoms with Gasteiger partial charge in [-0.05, 0) is 19.1 Å². The van der Waals surface area contributed by atoms with Gasteiger partial charge in [0.25, 0.3) is 0 Å². The molecule has 0 radical (unpaired) electrons. The van der Waals surface area contributed by atoms with Gasteiger partial charge in [0.1, 0.15) is 5.65 Å². The van der Waals surface area contributed by atoms with Crippen molar-refractivity contribution in [2.45, 2.75) is 6.92 Å². The summed E-state index contributed by atoms with van der Waals surface area (Å²) in [5.74, 6) is -0.428. The van der Waals surface area contributed by atoms with E-state index in [1.807, 2.05) is 11.3 Å². The van der Waals surface area contributed by atoms with E-state index in [-0.39, 0.29) is 0 Å². The molecule has 4 heteroatoms. The molecular formula is C9H9N3O. The average molecular weight is 175 g/mol. The minimum atomic E-state index is -0.428. The number of carbonyl (C=O) groups excluding carboxylic acids is 1. The molecule has 66 valence electrons. The predicted octanol–water partition coefficient (Wildman–Crippen LogP) is 0.742. The molecule has 0 aliphatic carbocycles. The van der Waals surface area contributed by atoms with Crippen LogP contribution in [0.1, 0.15) is 16.1 Å². The minimum Gasteiger partial charge on any atom is -0.366 e. The fraction of sp³-hybridized carbons (Fsp3) is 0.111. The lowest BCUT2D eigenvalue weighted by Crippen LogP contribution is -2.11. The summed E-state index contributed by atoms with van der Waals surface area (Å²) in [7, 11) is 0. The molecule has 13 heavy (non-hydrogen) atoms. The molecule has 1 amide bonds. The van der Waals surface area contributed by atoms with Crippen LogP contribution in [0.4, 0.5) is 0 Å². The lowest BCUT2D eigenvalue weighted by molar-refractivity contribution is 0.100. The fourth-order valence-electron chi connectivity index (χ4n) is 1.26. The average Bonchev–Trinajstić information content (AvgIpc) is 2.47. The van der Waals surface area contributed by atoms with E-state index in [1.54, 1.807) is 24.5 Å². The first-order valence-electron chi connectivity index (χ1n) is 3.92. The van der Waals surface area contributed by atoms with Crippen LogP contribution >= 0.6 is 0 Å². The lowest BCUT2D eigenvalue weighted by Gasteiger charge is -1.97. The molecule has 2 rings (SSSR count). The van der Waals surface area contributed by atoms with Crippen LogP contribution in [-0.2, 0) is 0 Å². The zero-order chi connectivity index (χ0) is 9.42. The van der Waals surface area contributed by atoms with Crippen molar-refractivity contribution >= 4 is 11.6 Å². The van der Waals surface area contributed by atoms with Crippen LogP contribution in [0.25, 0.3) is 5.65 Å². The molecular weight excluding hydrogens is 166 g/mol. The number of nitrogens with zero attached hydrogens (tertiary/aromatic N) is 2. The Morgan fingerprint density at radius 2 is 2.38 bits per heavy atom. The normalized spacial score (nSPS) is 10.5. The predicted molar refractivity (Wildman–Crippen MR) is 48.4 cm³/mol. The Morgan fingerprint density at radius 3 is 3.08 bits per heavy atom. The van der Waals surface area contributed by atoms with Gasteiger partial charge >= 0.3 is 0 Å². The monoisotopic (exact) mass is 175 g/mol. The maximum atomic E-state index is 10.8. The number of aryl methyl sites for hydroxylation is 1. The molecule has 2 aromatic rings. The van der Waals surface area contributed by atoms with Gasteiger partial charge in [-0.3, -0.25) is 4.79 Å². The highest BCUT2D eigenvalue weighted by Crippen LogP contribution is 2.07. The third-order valence-electron chi connectivity index (χ3n) is 1.98. The van der Waals surface area contributed by atoms with E-state index < -0.39 is 5.91 Å². The van der Waals surface area contributed by atoms with Gasteiger partial charge in [-0.25, -0.2) is 4.98 Å². The number of pyridine rings is 1. The number of nitrogens with two attached hydrogens (primary N) is 1. The van der Waals surface area contributed by atoms with Gasteiger partial charge in [-0.2, -0.15) is 0 Å². The fourth-order valence-corrected chi connectivity index (χ4v) is 1.26. The van der Waals surface area contributed by atoms with Crippen LogP contribution in [0.2, 0.25) is 0 Å². The van der Waals surface area contributed by atoms with Crippen molar-refractivity contribution in [3.8, 4) is 0 Å². The van der Waals surface area contributed by atoms with Crippen molar-refractivity contribution < 1.29 is 4.79 Å². The van der Waals surface area contributed by atoms with E-state index in [4.69, 9.17) is 5.73 Å².